The Bertz CT molecular complexity index is 1460. The first-order valence-corrected chi connectivity index (χ1v) is 10.5. The zero-order chi connectivity index (χ0) is 20.6. The minimum Gasteiger partial charge on any atom is -0.307 e. The summed E-state index contributed by atoms with van der Waals surface area (Å²) >= 11 is 0. The van der Waals surface area contributed by atoms with Crippen LogP contribution in [0.4, 0.5) is 0 Å². The first kappa shape index (κ1) is 17.7. The van der Waals surface area contributed by atoms with Crippen LogP contribution in [0.5, 0.6) is 0 Å². The van der Waals surface area contributed by atoms with Crippen molar-refractivity contribution >= 4 is 21.8 Å². The molecule has 0 aliphatic rings. The molecular weight excluding hydrogens is 376 g/mol. The molecule has 0 aliphatic carbocycles. The molecule has 31 heavy (non-hydrogen) atoms. The van der Waals surface area contributed by atoms with Gasteiger partial charge in [-0.1, -0.05) is 91.0 Å². The highest BCUT2D eigenvalue weighted by molar-refractivity contribution is 6.09. The van der Waals surface area contributed by atoms with Gasteiger partial charge in [0.1, 0.15) is 0 Å². The molecule has 2 nitrogen and oxygen atoms in total. The van der Waals surface area contributed by atoms with Crippen molar-refractivity contribution in [3.05, 3.63) is 121 Å². The fourth-order valence-corrected chi connectivity index (χ4v) is 4.43. The second-order valence-corrected chi connectivity index (χ2v) is 7.68. The van der Waals surface area contributed by atoms with Gasteiger partial charge in [0, 0.05) is 22.5 Å². The van der Waals surface area contributed by atoms with E-state index in [0.29, 0.717) is 0 Å². The van der Waals surface area contributed by atoms with Crippen LogP contribution in [0.1, 0.15) is 0 Å². The molecule has 0 saturated carbocycles. The molecule has 0 fully saturated rings. The summed E-state index contributed by atoms with van der Waals surface area (Å²) in [5.74, 6) is 0. The van der Waals surface area contributed by atoms with Gasteiger partial charge in [0.15, 0.2) is 0 Å². The third kappa shape index (κ3) is 2.92. The fraction of sp³-hybridized carbons (Fsp3) is 0. The van der Waals surface area contributed by atoms with E-state index in [2.05, 4.69) is 108 Å². The Morgan fingerprint density at radius 3 is 1.68 bits per heavy atom. The van der Waals surface area contributed by atoms with Crippen LogP contribution in [-0.4, -0.2) is 9.55 Å². The van der Waals surface area contributed by atoms with E-state index in [1.807, 2.05) is 18.3 Å². The number of para-hydroxylation sites is 2. The summed E-state index contributed by atoms with van der Waals surface area (Å²) in [6.07, 6.45) is 1.87. The molecule has 2 heterocycles. The summed E-state index contributed by atoms with van der Waals surface area (Å²) in [7, 11) is 0. The van der Waals surface area contributed by atoms with Crippen LogP contribution in [0.2, 0.25) is 0 Å². The number of aromatic nitrogens is 2. The molecule has 0 saturated heterocycles. The lowest BCUT2D eigenvalue weighted by atomic mass is 10.0. The highest BCUT2D eigenvalue weighted by Gasteiger charge is 2.15. The van der Waals surface area contributed by atoms with Gasteiger partial charge in [-0.15, -0.1) is 0 Å². The average molecular weight is 396 g/mol. The van der Waals surface area contributed by atoms with Gasteiger partial charge in [0.25, 0.3) is 0 Å². The topological polar surface area (TPSA) is 17.8 Å². The van der Waals surface area contributed by atoms with Crippen LogP contribution in [0.3, 0.4) is 0 Å². The first-order chi connectivity index (χ1) is 15.4. The molecule has 0 amide bonds. The van der Waals surface area contributed by atoms with Crippen molar-refractivity contribution in [3.63, 3.8) is 0 Å². The number of benzene rings is 4. The van der Waals surface area contributed by atoms with Crippen LogP contribution in [0, 0.1) is 0 Å². The normalized spacial score (nSPS) is 11.2. The summed E-state index contributed by atoms with van der Waals surface area (Å²) in [4.78, 5) is 4.80. The van der Waals surface area contributed by atoms with Crippen molar-refractivity contribution < 1.29 is 0 Å². The zero-order valence-electron chi connectivity index (χ0n) is 16.9. The Labute approximate surface area is 181 Å². The van der Waals surface area contributed by atoms with Crippen LogP contribution in [-0.2, 0) is 0 Å². The van der Waals surface area contributed by atoms with E-state index in [9.17, 15) is 0 Å². The lowest BCUT2D eigenvalue weighted by molar-refractivity contribution is 1.14. The highest BCUT2D eigenvalue weighted by Crippen LogP contribution is 2.35. The van der Waals surface area contributed by atoms with Crippen molar-refractivity contribution in [1.82, 2.24) is 9.55 Å². The third-order valence-electron chi connectivity index (χ3n) is 5.87. The molecule has 4 aromatic carbocycles. The maximum atomic E-state index is 4.80. The van der Waals surface area contributed by atoms with E-state index < -0.39 is 0 Å². The monoisotopic (exact) mass is 396 g/mol. The van der Waals surface area contributed by atoms with Crippen molar-refractivity contribution in [2.24, 2.45) is 0 Å². The molecule has 2 heteroatoms. The molecule has 6 aromatic rings. The Hall–Kier alpha value is -4.17. The number of nitrogens with zero attached hydrogens (tertiary/aromatic N) is 2. The van der Waals surface area contributed by atoms with E-state index in [1.165, 1.54) is 32.9 Å². The third-order valence-corrected chi connectivity index (χ3v) is 5.87. The minimum atomic E-state index is 0.980. The Morgan fingerprint density at radius 2 is 1.00 bits per heavy atom. The number of hydrogen-bond donors (Lipinski definition) is 0. The van der Waals surface area contributed by atoms with Crippen LogP contribution < -0.4 is 0 Å². The van der Waals surface area contributed by atoms with Gasteiger partial charge in [-0.05, 0) is 35.4 Å². The molecule has 0 spiro atoms. The maximum absolute atomic E-state index is 4.80. The zero-order valence-corrected chi connectivity index (χ0v) is 16.9. The van der Waals surface area contributed by atoms with E-state index in [4.69, 9.17) is 4.98 Å². The van der Waals surface area contributed by atoms with Gasteiger partial charge in [-0.2, -0.15) is 0 Å². The quantitative estimate of drug-likeness (QED) is 0.303. The van der Waals surface area contributed by atoms with Gasteiger partial charge in [-0.25, -0.2) is 0 Å². The first-order valence-electron chi connectivity index (χ1n) is 10.5. The summed E-state index contributed by atoms with van der Waals surface area (Å²) < 4.78 is 2.33. The van der Waals surface area contributed by atoms with Crippen LogP contribution >= 0.6 is 0 Å². The van der Waals surface area contributed by atoms with Crippen molar-refractivity contribution in [2.75, 3.05) is 0 Å². The van der Waals surface area contributed by atoms with Crippen molar-refractivity contribution in [3.8, 4) is 28.1 Å². The number of fused-ring (bicyclic) bond motifs is 3. The molecule has 6 rings (SSSR count). The molecule has 0 N–H and O–H groups in total. The summed E-state index contributed by atoms with van der Waals surface area (Å²) in [5, 5.41) is 2.51. The number of pyridine rings is 1. The van der Waals surface area contributed by atoms with Gasteiger partial charge in [0.05, 0.1) is 22.4 Å². The molecule has 2 aromatic heterocycles. The SMILES string of the molecule is c1ccc(-c2ccc(-c3ncccc3-n3c4ccccc4c4ccccc43)cc2)cc1. The van der Waals surface area contributed by atoms with Gasteiger partial charge in [-0.3, -0.25) is 4.98 Å². The fourth-order valence-electron chi connectivity index (χ4n) is 4.43. The number of rotatable bonds is 3. The van der Waals surface area contributed by atoms with Gasteiger partial charge < -0.3 is 4.57 Å². The second-order valence-electron chi connectivity index (χ2n) is 7.68. The smallest absolute Gasteiger partial charge is 0.0942 e. The van der Waals surface area contributed by atoms with Crippen LogP contribution in [0.15, 0.2) is 121 Å². The van der Waals surface area contributed by atoms with Crippen molar-refractivity contribution in [2.45, 2.75) is 0 Å². The molecule has 0 atom stereocenters. The standard InChI is InChI=1S/C29H20N2/c1-2-9-21(10-3-1)22-16-18-23(19-17-22)29-28(15-8-20-30-29)31-26-13-6-4-11-24(26)25-12-5-7-14-27(25)31/h1-20H. The van der Waals surface area contributed by atoms with E-state index >= 15 is 0 Å². The predicted octanol–water partition coefficient (Wildman–Crippen LogP) is 7.51. The van der Waals surface area contributed by atoms with Crippen LogP contribution in [0.25, 0.3) is 49.9 Å². The molecule has 146 valence electrons. The molecule has 0 aliphatic heterocycles. The molecule has 0 unspecified atom stereocenters. The van der Waals surface area contributed by atoms with E-state index in [1.54, 1.807) is 0 Å². The lowest BCUT2D eigenvalue weighted by Crippen LogP contribution is -1.98. The largest absolute Gasteiger partial charge is 0.307 e. The Kier molecular flexibility index (Phi) is 4.14. The molecule has 0 radical (unpaired) electrons. The summed E-state index contributed by atoms with van der Waals surface area (Å²) in [6, 6.07) is 40.5. The minimum absolute atomic E-state index is 0.980. The average Bonchev–Trinajstić information content (AvgIpc) is 3.19. The molecule has 0 bridgehead atoms. The molecular formula is C29H20N2. The van der Waals surface area contributed by atoms with E-state index in [0.717, 1.165) is 16.9 Å². The second kappa shape index (κ2) is 7.26. The van der Waals surface area contributed by atoms with Gasteiger partial charge in [0.2, 0.25) is 0 Å². The predicted molar refractivity (Wildman–Crippen MR) is 129 cm³/mol. The van der Waals surface area contributed by atoms with Crippen molar-refractivity contribution in [1.29, 1.82) is 0 Å². The van der Waals surface area contributed by atoms with Gasteiger partial charge >= 0.3 is 0 Å². The summed E-state index contributed by atoms with van der Waals surface area (Å²) in [6.45, 7) is 0. The Balaban J connectivity index is 1.56. The highest BCUT2D eigenvalue weighted by atomic mass is 15.0. The van der Waals surface area contributed by atoms with E-state index in [-0.39, 0.29) is 0 Å². The Morgan fingerprint density at radius 1 is 0.452 bits per heavy atom. The lowest BCUT2D eigenvalue weighted by Gasteiger charge is -2.13. The maximum Gasteiger partial charge on any atom is 0.0942 e. The summed E-state index contributed by atoms with van der Waals surface area (Å²) in [5.41, 5.74) is 7.99. The number of hydrogen-bond acceptors (Lipinski definition) is 1.